The predicted octanol–water partition coefficient (Wildman–Crippen LogP) is 4.38. The van der Waals surface area contributed by atoms with Crippen molar-refractivity contribution in [3.63, 3.8) is 0 Å². The Bertz CT molecular complexity index is 630. The molecule has 0 amide bonds. The van der Waals surface area contributed by atoms with Crippen LogP contribution in [0.2, 0.25) is 0 Å². The smallest absolute Gasteiger partial charge is 0.134 e. The number of hydrogen-bond donors (Lipinski definition) is 0. The highest BCUT2D eigenvalue weighted by molar-refractivity contribution is 5.84. The van der Waals surface area contributed by atoms with E-state index in [1.807, 2.05) is 0 Å². The molecule has 1 aromatic carbocycles. The third-order valence-corrected chi connectivity index (χ3v) is 4.60. The summed E-state index contributed by atoms with van der Waals surface area (Å²) < 4.78 is 6.15. The molecule has 17 heavy (non-hydrogen) atoms. The van der Waals surface area contributed by atoms with Crippen molar-refractivity contribution in [3.05, 3.63) is 47.7 Å². The molecular formula is C16H16O. The number of fused-ring (bicyclic) bond motifs is 6. The van der Waals surface area contributed by atoms with Crippen molar-refractivity contribution in [2.75, 3.05) is 0 Å². The first-order valence-electron chi connectivity index (χ1n) is 6.38. The Kier molecular flexibility index (Phi) is 1.59. The zero-order chi connectivity index (χ0) is 11.6. The normalized spacial score (nSPS) is 28.6. The van der Waals surface area contributed by atoms with Gasteiger partial charge in [0.05, 0.1) is 0 Å². The minimum Gasteiger partial charge on any atom is -0.460 e. The molecule has 0 aliphatic heterocycles. The summed E-state index contributed by atoms with van der Waals surface area (Å²) >= 11 is 0. The van der Waals surface area contributed by atoms with Gasteiger partial charge < -0.3 is 4.42 Å². The van der Waals surface area contributed by atoms with E-state index in [2.05, 4.69) is 50.3 Å². The van der Waals surface area contributed by atoms with Crippen molar-refractivity contribution in [1.82, 2.24) is 0 Å². The molecule has 2 unspecified atom stereocenters. The second-order valence-electron chi connectivity index (χ2n) is 5.90. The first-order chi connectivity index (χ1) is 8.18. The van der Waals surface area contributed by atoms with Crippen LogP contribution in [0.5, 0.6) is 0 Å². The third kappa shape index (κ3) is 1.05. The highest BCUT2D eigenvalue weighted by Gasteiger charge is 2.45. The largest absolute Gasteiger partial charge is 0.460 e. The first-order valence-corrected chi connectivity index (χ1v) is 6.38. The van der Waals surface area contributed by atoms with Crippen molar-refractivity contribution < 1.29 is 4.42 Å². The van der Waals surface area contributed by atoms with E-state index < -0.39 is 0 Å². The Morgan fingerprint density at radius 2 is 2.00 bits per heavy atom. The Morgan fingerprint density at radius 1 is 1.18 bits per heavy atom. The lowest BCUT2D eigenvalue weighted by Gasteiger charge is -2.34. The van der Waals surface area contributed by atoms with Crippen LogP contribution in [0.4, 0.5) is 0 Å². The van der Waals surface area contributed by atoms with E-state index in [0.29, 0.717) is 11.8 Å². The summed E-state index contributed by atoms with van der Waals surface area (Å²) in [4.78, 5) is 0. The van der Waals surface area contributed by atoms with Gasteiger partial charge in [0, 0.05) is 22.3 Å². The summed E-state index contributed by atoms with van der Waals surface area (Å²) in [6.07, 6.45) is 6.01. The van der Waals surface area contributed by atoms with Gasteiger partial charge in [-0.25, -0.2) is 0 Å². The Morgan fingerprint density at radius 3 is 2.88 bits per heavy atom. The maximum atomic E-state index is 6.15. The van der Waals surface area contributed by atoms with Crippen molar-refractivity contribution >= 4 is 11.0 Å². The lowest BCUT2D eigenvalue weighted by atomic mass is 9.69. The van der Waals surface area contributed by atoms with Crippen LogP contribution in [0.15, 0.2) is 40.8 Å². The van der Waals surface area contributed by atoms with Crippen LogP contribution in [0, 0.1) is 5.92 Å². The van der Waals surface area contributed by atoms with Crippen molar-refractivity contribution in [3.8, 4) is 0 Å². The molecule has 1 aromatic heterocycles. The average Bonchev–Trinajstić information content (AvgIpc) is 2.90. The molecule has 1 heteroatoms. The van der Waals surface area contributed by atoms with Crippen LogP contribution in [0.3, 0.4) is 0 Å². The highest BCUT2D eigenvalue weighted by Crippen LogP contribution is 2.54. The number of hydrogen-bond acceptors (Lipinski definition) is 1. The minimum atomic E-state index is 0.137. The topological polar surface area (TPSA) is 13.1 Å². The van der Waals surface area contributed by atoms with Gasteiger partial charge in [-0.1, -0.05) is 44.2 Å². The molecule has 1 nitrogen and oxygen atoms in total. The van der Waals surface area contributed by atoms with Gasteiger partial charge in [0.15, 0.2) is 0 Å². The van der Waals surface area contributed by atoms with E-state index in [9.17, 15) is 0 Å². The third-order valence-electron chi connectivity index (χ3n) is 4.60. The van der Waals surface area contributed by atoms with Crippen LogP contribution >= 0.6 is 0 Å². The maximum absolute atomic E-state index is 6.15. The molecule has 2 atom stereocenters. The molecule has 0 fully saturated rings. The zero-order valence-electron chi connectivity index (χ0n) is 10.2. The molecule has 2 aliphatic carbocycles. The van der Waals surface area contributed by atoms with Gasteiger partial charge in [-0.05, 0) is 18.4 Å². The number of furan rings is 1. The molecule has 4 rings (SSSR count). The van der Waals surface area contributed by atoms with Gasteiger partial charge in [-0.2, -0.15) is 0 Å². The lowest BCUT2D eigenvalue weighted by molar-refractivity contribution is 0.283. The van der Waals surface area contributed by atoms with E-state index in [4.69, 9.17) is 4.42 Å². The summed E-state index contributed by atoms with van der Waals surface area (Å²) in [7, 11) is 0. The predicted molar refractivity (Wildman–Crippen MR) is 69.2 cm³/mol. The van der Waals surface area contributed by atoms with Crippen LogP contribution in [-0.2, 0) is 5.41 Å². The second-order valence-corrected chi connectivity index (χ2v) is 5.90. The minimum absolute atomic E-state index is 0.137. The van der Waals surface area contributed by atoms with Gasteiger partial charge in [0.1, 0.15) is 11.3 Å². The monoisotopic (exact) mass is 224 g/mol. The summed E-state index contributed by atoms with van der Waals surface area (Å²) in [5, 5.41) is 1.31. The van der Waals surface area contributed by atoms with Gasteiger partial charge in [-0.3, -0.25) is 0 Å². The number of benzene rings is 1. The van der Waals surface area contributed by atoms with Crippen LogP contribution in [0.1, 0.15) is 37.5 Å². The SMILES string of the molecule is CC1(C)c2oc3ccccc3c2C2C=CC1C2. The molecule has 2 aliphatic rings. The fraction of sp³-hybridized carbons (Fsp3) is 0.375. The Hall–Kier alpha value is -1.50. The summed E-state index contributed by atoms with van der Waals surface area (Å²) in [5.41, 5.74) is 2.62. The number of allylic oxidation sites excluding steroid dienone is 2. The number of rotatable bonds is 0. The fourth-order valence-corrected chi connectivity index (χ4v) is 3.53. The van der Waals surface area contributed by atoms with Crippen LogP contribution < -0.4 is 0 Å². The maximum Gasteiger partial charge on any atom is 0.134 e. The van der Waals surface area contributed by atoms with Crippen LogP contribution in [0.25, 0.3) is 11.0 Å². The Labute approximate surface area is 101 Å². The molecule has 0 saturated carbocycles. The molecule has 1 heterocycles. The summed E-state index contributed by atoms with van der Waals surface area (Å²) in [6, 6.07) is 8.44. The molecule has 86 valence electrons. The van der Waals surface area contributed by atoms with Gasteiger partial charge >= 0.3 is 0 Å². The first kappa shape index (κ1) is 9.52. The van der Waals surface area contributed by atoms with Crippen LogP contribution in [-0.4, -0.2) is 0 Å². The molecule has 0 radical (unpaired) electrons. The molecular weight excluding hydrogens is 208 g/mol. The lowest BCUT2D eigenvalue weighted by Crippen LogP contribution is -2.30. The summed E-state index contributed by atoms with van der Waals surface area (Å²) in [6.45, 7) is 4.62. The molecule has 2 aromatic rings. The second kappa shape index (κ2) is 2.84. The van der Waals surface area contributed by atoms with E-state index in [1.165, 1.54) is 23.1 Å². The Balaban J connectivity index is 2.13. The molecule has 0 N–H and O–H groups in total. The zero-order valence-corrected chi connectivity index (χ0v) is 10.2. The van der Waals surface area contributed by atoms with Gasteiger partial charge in [-0.15, -0.1) is 0 Å². The summed E-state index contributed by atoms with van der Waals surface area (Å²) in [5.74, 6) is 2.43. The average molecular weight is 224 g/mol. The molecule has 0 spiro atoms. The quantitative estimate of drug-likeness (QED) is 0.605. The van der Waals surface area contributed by atoms with Crippen molar-refractivity contribution in [2.45, 2.75) is 31.6 Å². The highest BCUT2D eigenvalue weighted by atomic mass is 16.3. The van der Waals surface area contributed by atoms with E-state index in [1.54, 1.807) is 0 Å². The van der Waals surface area contributed by atoms with Gasteiger partial charge in [0.25, 0.3) is 0 Å². The van der Waals surface area contributed by atoms with Crippen molar-refractivity contribution in [1.29, 1.82) is 0 Å². The van der Waals surface area contributed by atoms with E-state index >= 15 is 0 Å². The van der Waals surface area contributed by atoms with E-state index in [0.717, 1.165) is 5.58 Å². The molecule has 2 bridgehead atoms. The fourth-order valence-electron chi connectivity index (χ4n) is 3.53. The van der Waals surface area contributed by atoms with Crippen molar-refractivity contribution in [2.24, 2.45) is 5.92 Å². The van der Waals surface area contributed by atoms with Gasteiger partial charge in [0.2, 0.25) is 0 Å². The standard InChI is InChI=1S/C16H16O/c1-16(2)11-8-7-10(9-11)14-12-5-3-4-6-13(12)17-15(14)16/h3-8,10-11H,9H2,1-2H3. The number of para-hydroxylation sites is 1. The molecule has 0 saturated heterocycles. The van der Waals surface area contributed by atoms with E-state index in [-0.39, 0.29) is 5.41 Å².